The highest BCUT2D eigenvalue weighted by atomic mass is 16.6. The number of allylic oxidation sites excluding steroid dienone is 1. The lowest BCUT2D eigenvalue weighted by Crippen LogP contribution is -2.78. The van der Waals surface area contributed by atoms with Gasteiger partial charge < -0.3 is 19.6 Å². The number of carbonyl (C=O) groups is 2. The number of anilines is 1. The quantitative estimate of drug-likeness (QED) is 0.373. The molecule has 6 nitrogen and oxygen atoms in total. The Balaban J connectivity index is 1.75. The lowest BCUT2D eigenvalue weighted by Gasteiger charge is -2.63. The molecule has 1 aromatic rings. The molecule has 1 N–H and O–H groups in total. The number of rotatable bonds is 2. The number of piperidine rings is 2. The summed E-state index contributed by atoms with van der Waals surface area (Å²) in [7, 11) is 1.38. The standard InChI is InChI=1S/C21H22N2O4/c1-3-12-10-23-16-8-14(12)19(11-24,18(25)26-2)20-9-17(23)27-21(16,20)22-15-7-5-4-6-13(15)20/h3-7,11,14,16-17,22H,8-10H2,1-2H3/b12-3-/t14-,16+,17+,19+,20+,21+/m1/s1. The van der Waals surface area contributed by atoms with Gasteiger partial charge in [0.25, 0.3) is 0 Å². The van der Waals surface area contributed by atoms with Crippen LogP contribution in [0.25, 0.3) is 0 Å². The Morgan fingerprint density at radius 3 is 2.96 bits per heavy atom. The summed E-state index contributed by atoms with van der Waals surface area (Å²) >= 11 is 0. The predicted octanol–water partition coefficient (Wildman–Crippen LogP) is 1.81. The number of nitrogens with zero attached hydrogens (tertiary/aromatic N) is 1. The fraction of sp³-hybridized carbons (Fsp3) is 0.524. The smallest absolute Gasteiger partial charge is 0.320 e. The average Bonchev–Trinajstić information content (AvgIpc) is 3.30. The van der Waals surface area contributed by atoms with Crippen molar-refractivity contribution >= 4 is 17.9 Å². The van der Waals surface area contributed by atoms with Gasteiger partial charge in [-0.2, -0.15) is 0 Å². The molecule has 1 spiro atoms. The molecule has 0 radical (unpaired) electrons. The lowest BCUT2D eigenvalue weighted by atomic mass is 9.42. The Bertz CT molecular complexity index is 929. The lowest BCUT2D eigenvalue weighted by molar-refractivity contribution is -0.182. The van der Waals surface area contributed by atoms with Gasteiger partial charge in [0.2, 0.25) is 0 Å². The van der Waals surface area contributed by atoms with Crippen molar-refractivity contribution in [3.63, 3.8) is 0 Å². The molecule has 3 saturated heterocycles. The van der Waals surface area contributed by atoms with Crippen molar-refractivity contribution in [2.75, 3.05) is 19.0 Å². The van der Waals surface area contributed by atoms with E-state index in [1.165, 1.54) is 7.11 Å². The fourth-order valence-electron chi connectivity index (χ4n) is 7.14. The molecule has 6 rings (SSSR count). The van der Waals surface area contributed by atoms with Crippen molar-refractivity contribution in [2.45, 2.75) is 43.2 Å². The Labute approximate surface area is 157 Å². The molecule has 4 bridgehead atoms. The summed E-state index contributed by atoms with van der Waals surface area (Å²) in [6, 6.07) is 8.15. The molecule has 4 aliphatic heterocycles. The minimum absolute atomic E-state index is 0.101. The minimum atomic E-state index is -1.29. The molecular weight excluding hydrogens is 344 g/mol. The maximum absolute atomic E-state index is 13.4. The zero-order chi connectivity index (χ0) is 18.6. The van der Waals surface area contributed by atoms with E-state index in [0.29, 0.717) is 12.8 Å². The van der Waals surface area contributed by atoms with Gasteiger partial charge in [-0.3, -0.25) is 9.69 Å². The third-order valence-electron chi connectivity index (χ3n) is 7.99. The summed E-state index contributed by atoms with van der Waals surface area (Å²) < 4.78 is 11.9. The zero-order valence-electron chi connectivity index (χ0n) is 15.4. The molecular formula is C21H22N2O4. The van der Waals surface area contributed by atoms with Crippen LogP contribution >= 0.6 is 0 Å². The molecule has 4 heterocycles. The van der Waals surface area contributed by atoms with Gasteiger partial charge in [0.1, 0.15) is 17.9 Å². The molecule has 5 aliphatic rings. The first-order valence-electron chi connectivity index (χ1n) is 9.60. The van der Waals surface area contributed by atoms with Crippen molar-refractivity contribution in [2.24, 2.45) is 11.3 Å². The topological polar surface area (TPSA) is 67.9 Å². The van der Waals surface area contributed by atoms with Gasteiger partial charge in [-0.25, -0.2) is 0 Å². The van der Waals surface area contributed by atoms with E-state index in [4.69, 9.17) is 9.47 Å². The van der Waals surface area contributed by atoms with E-state index in [9.17, 15) is 9.59 Å². The van der Waals surface area contributed by atoms with Crippen molar-refractivity contribution in [3.8, 4) is 0 Å². The number of benzene rings is 1. The van der Waals surface area contributed by atoms with E-state index in [1.807, 2.05) is 31.2 Å². The van der Waals surface area contributed by atoms with Crippen LogP contribution in [-0.2, 0) is 24.5 Å². The highest BCUT2D eigenvalue weighted by Gasteiger charge is 2.87. The Morgan fingerprint density at radius 2 is 2.22 bits per heavy atom. The monoisotopic (exact) mass is 366 g/mol. The molecule has 27 heavy (non-hydrogen) atoms. The molecule has 0 amide bonds. The minimum Gasteiger partial charge on any atom is -0.468 e. The van der Waals surface area contributed by atoms with Crippen molar-refractivity contribution < 1.29 is 19.1 Å². The van der Waals surface area contributed by atoms with Crippen LogP contribution in [0.2, 0.25) is 0 Å². The summed E-state index contributed by atoms with van der Waals surface area (Å²) in [4.78, 5) is 28.7. The largest absolute Gasteiger partial charge is 0.468 e. The van der Waals surface area contributed by atoms with E-state index >= 15 is 0 Å². The van der Waals surface area contributed by atoms with Crippen molar-refractivity contribution in [1.29, 1.82) is 0 Å². The molecule has 6 heteroatoms. The SMILES string of the molecule is C/C=C1/CN2[C@@H]3C[C@@]45c6ccccc6N[C@]4(O3)[C@@H]2C[C@H]1[C@@]5(C=O)C(=O)OC. The maximum Gasteiger partial charge on any atom is 0.320 e. The molecule has 1 aliphatic carbocycles. The van der Waals surface area contributed by atoms with Crippen LogP contribution in [0.4, 0.5) is 5.69 Å². The third-order valence-corrected chi connectivity index (χ3v) is 7.99. The van der Waals surface area contributed by atoms with Gasteiger partial charge in [-0.05, 0) is 25.0 Å². The number of hydrogen-bond acceptors (Lipinski definition) is 6. The van der Waals surface area contributed by atoms with Crippen LogP contribution in [0.15, 0.2) is 35.9 Å². The molecule has 0 aromatic heterocycles. The maximum atomic E-state index is 13.4. The van der Waals surface area contributed by atoms with Gasteiger partial charge in [0.15, 0.2) is 5.72 Å². The van der Waals surface area contributed by atoms with Crippen LogP contribution < -0.4 is 5.32 Å². The van der Waals surface area contributed by atoms with Gasteiger partial charge in [-0.1, -0.05) is 29.8 Å². The highest BCUT2D eigenvalue weighted by Crippen LogP contribution is 2.75. The first-order valence-corrected chi connectivity index (χ1v) is 9.60. The number of hydrogen-bond donors (Lipinski definition) is 1. The first kappa shape index (κ1) is 15.8. The third kappa shape index (κ3) is 1.32. The number of ether oxygens (including phenoxy) is 2. The normalized spacial score (nSPS) is 46.9. The van der Waals surface area contributed by atoms with E-state index in [0.717, 1.165) is 29.7 Å². The predicted molar refractivity (Wildman–Crippen MR) is 96.8 cm³/mol. The number of carbonyl (C=O) groups excluding carboxylic acids is 2. The van der Waals surface area contributed by atoms with Gasteiger partial charge >= 0.3 is 5.97 Å². The summed E-state index contributed by atoms with van der Waals surface area (Å²) in [5, 5.41) is 3.63. The summed E-state index contributed by atoms with van der Waals surface area (Å²) in [6.45, 7) is 2.73. The number of fused-ring (bicyclic) bond motifs is 4. The van der Waals surface area contributed by atoms with E-state index in [2.05, 4.69) is 16.3 Å². The first-order chi connectivity index (χ1) is 13.1. The number of esters is 1. The van der Waals surface area contributed by atoms with E-state index < -0.39 is 22.5 Å². The van der Waals surface area contributed by atoms with Crippen LogP contribution in [0.1, 0.15) is 25.3 Å². The molecule has 4 fully saturated rings. The number of aldehydes is 1. The van der Waals surface area contributed by atoms with Crippen LogP contribution in [0.3, 0.4) is 0 Å². The van der Waals surface area contributed by atoms with Crippen LogP contribution in [0, 0.1) is 11.3 Å². The Kier molecular flexibility index (Phi) is 2.71. The van der Waals surface area contributed by atoms with Crippen LogP contribution in [0.5, 0.6) is 0 Å². The van der Waals surface area contributed by atoms with Crippen molar-refractivity contribution in [1.82, 2.24) is 4.90 Å². The summed E-state index contributed by atoms with van der Waals surface area (Å²) in [6.07, 6.45) is 4.18. The summed E-state index contributed by atoms with van der Waals surface area (Å²) in [5.74, 6) is -0.611. The molecule has 1 aromatic carbocycles. The molecule has 0 unspecified atom stereocenters. The second-order valence-electron chi connectivity index (χ2n) is 8.41. The highest BCUT2D eigenvalue weighted by molar-refractivity contribution is 5.99. The molecule has 1 saturated carbocycles. The zero-order valence-corrected chi connectivity index (χ0v) is 15.4. The average molecular weight is 366 g/mol. The Morgan fingerprint density at radius 1 is 1.41 bits per heavy atom. The summed E-state index contributed by atoms with van der Waals surface area (Å²) in [5.41, 5.74) is 0.303. The Hall–Kier alpha value is -2.18. The molecule has 140 valence electrons. The van der Waals surface area contributed by atoms with Gasteiger partial charge in [0, 0.05) is 24.6 Å². The van der Waals surface area contributed by atoms with Crippen LogP contribution in [-0.4, -0.2) is 48.8 Å². The van der Waals surface area contributed by atoms with Gasteiger partial charge in [0.05, 0.1) is 18.6 Å². The number of methoxy groups -OCH3 is 1. The second kappa shape index (κ2) is 4.62. The number of para-hydroxylation sites is 1. The fourth-order valence-corrected chi connectivity index (χ4v) is 7.14. The van der Waals surface area contributed by atoms with Gasteiger partial charge in [-0.15, -0.1) is 0 Å². The second-order valence-corrected chi connectivity index (χ2v) is 8.41. The van der Waals surface area contributed by atoms with E-state index in [-0.39, 0.29) is 18.2 Å². The number of nitrogens with one attached hydrogen (secondary N) is 1. The molecule has 6 atom stereocenters. The van der Waals surface area contributed by atoms with E-state index in [1.54, 1.807) is 0 Å². The van der Waals surface area contributed by atoms with Crippen molar-refractivity contribution in [3.05, 3.63) is 41.5 Å².